The van der Waals surface area contributed by atoms with Crippen LogP contribution in [0.5, 0.6) is 0 Å². The molecule has 0 spiro atoms. The van der Waals surface area contributed by atoms with E-state index in [1.165, 1.54) is 14.8 Å². The third-order valence-electron chi connectivity index (χ3n) is 5.20. The van der Waals surface area contributed by atoms with Gasteiger partial charge >= 0.3 is 0 Å². The lowest BCUT2D eigenvalue weighted by molar-refractivity contribution is 0.670. The predicted octanol–water partition coefficient (Wildman–Crippen LogP) is 9.04. The molecule has 0 saturated carbocycles. The van der Waals surface area contributed by atoms with Gasteiger partial charge in [0, 0.05) is 46.0 Å². The van der Waals surface area contributed by atoms with E-state index in [-0.39, 0.29) is 0 Å². The monoisotopic (exact) mass is 462 g/mol. The zero-order valence-electron chi connectivity index (χ0n) is 14.5. The number of para-hydroxylation sites is 1. The number of hydrogen-bond donors (Lipinski definition) is 0. The Morgan fingerprint density at radius 1 is 0.786 bits per heavy atom. The second-order valence-electron chi connectivity index (χ2n) is 6.85. The van der Waals surface area contributed by atoms with Crippen LogP contribution in [0.25, 0.3) is 53.2 Å². The van der Waals surface area contributed by atoms with Crippen LogP contribution >= 0.6 is 38.9 Å². The Balaban J connectivity index is 1.67. The number of hydrogen-bond acceptors (Lipinski definition) is 2. The quantitative estimate of drug-likeness (QED) is 0.237. The molecule has 6 aromatic rings. The van der Waals surface area contributed by atoms with Gasteiger partial charge in [-0.1, -0.05) is 63.9 Å². The Morgan fingerprint density at radius 3 is 2.61 bits per heavy atom. The van der Waals surface area contributed by atoms with Crippen molar-refractivity contribution >= 4 is 81.0 Å². The van der Waals surface area contributed by atoms with Gasteiger partial charge in [-0.25, -0.2) is 0 Å². The van der Waals surface area contributed by atoms with Crippen molar-refractivity contribution in [3.05, 3.63) is 82.3 Å². The van der Waals surface area contributed by atoms with Crippen molar-refractivity contribution < 1.29 is 4.42 Å². The molecule has 134 valence electrons. The summed E-state index contributed by atoms with van der Waals surface area (Å²) in [6, 6.07) is 25.1. The highest BCUT2D eigenvalue weighted by Crippen LogP contribution is 2.42. The molecule has 0 unspecified atom stereocenters. The average molecular weight is 464 g/mol. The number of halogens is 2. The predicted molar refractivity (Wildman–Crippen MR) is 125 cm³/mol. The normalized spacial score (nSPS) is 11.9. The van der Waals surface area contributed by atoms with Crippen LogP contribution in [-0.4, -0.2) is 0 Å². The number of fused-ring (bicyclic) bond motifs is 6. The van der Waals surface area contributed by atoms with Crippen molar-refractivity contribution in [3.63, 3.8) is 0 Å². The topological polar surface area (TPSA) is 13.1 Å². The molecule has 1 nitrogen and oxygen atoms in total. The molecule has 0 N–H and O–H groups in total. The number of benzene rings is 4. The van der Waals surface area contributed by atoms with E-state index in [9.17, 15) is 0 Å². The fourth-order valence-corrected chi connectivity index (χ4v) is 5.92. The first kappa shape index (κ1) is 16.6. The van der Waals surface area contributed by atoms with Crippen molar-refractivity contribution in [2.75, 3.05) is 0 Å². The third-order valence-corrected chi connectivity index (χ3v) is 7.09. The van der Waals surface area contributed by atoms with Crippen LogP contribution in [0.2, 0.25) is 5.02 Å². The summed E-state index contributed by atoms with van der Waals surface area (Å²) in [4.78, 5) is 0. The Labute approximate surface area is 178 Å². The van der Waals surface area contributed by atoms with Crippen molar-refractivity contribution in [3.8, 4) is 11.1 Å². The highest BCUT2D eigenvalue weighted by Gasteiger charge is 2.15. The standard InChI is InChI=1S/C24H12BrClOS/c25-14-11-17(24-18(12-14)15-4-1-2-6-20(15)27-24)13-8-9-16-22(10-13)28-21-7-3-5-19(26)23(16)21/h1-12H. The lowest BCUT2D eigenvalue weighted by Gasteiger charge is -2.05. The van der Waals surface area contributed by atoms with Crippen LogP contribution in [0, 0.1) is 0 Å². The minimum atomic E-state index is 0.804. The van der Waals surface area contributed by atoms with Crippen LogP contribution in [-0.2, 0) is 0 Å². The molecule has 0 aliphatic carbocycles. The number of rotatable bonds is 1. The molecule has 0 saturated heterocycles. The molecule has 4 heteroatoms. The van der Waals surface area contributed by atoms with Crippen LogP contribution < -0.4 is 0 Å². The molecule has 0 amide bonds. The van der Waals surface area contributed by atoms with Gasteiger partial charge in [-0.3, -0.25) is 0 Å². The summed E-state index contributed by atoms with van der Waals surface area (Å²) in [6.07, 6.45) is 0. The zero-order valence-corrected chi connectivity index (χ0v) is 17.7. The fourth-order valence-electron chi connectivity index (χ4n) is 3.96. The molecule has 0 aliphatic heterocycles. The van der Waals surface area contributed by atoms with E-state index >= 15 is 0 Å². The second-order valence-corrected chi connectivity index (χ2v) is 9.26. The fraction of sp³-hybridized carbons (Fsp3) is 0. The molecular weight excluding hydrogens is 452 g/mol. The maximum atomic E-state index is 6.46. The average Bonchev–Trinajstić information content (AvgIpc) is 3.25. The van der Waals surface area contributed by atoms with E-state index in [0.29, 0.717) is 0 Å². The van der Waals surface area contributed by atoms with Gasteiger partial charge in [0.15, 0.2) is 0 Å². The van der Waals surface area contributed by atoms with Gasteiger partial charge in [0.2, 0.25) is 0 Å². The Morgan fingerprint density at radius 2 is 1.68 bits per heavy atom. The van der Waals surface area contributed by atoms with Gasteiger partial charge in [-0.2, -0.15) is 0 Å². The summed E-state index contributed by atoms with van der Waals surface area (Å²) >= 11 is 11.9. The van der Waals surface area contributed by atoms with Crippen LogP contribution in [0.3, 0.4) is 0 Å². The van der Waals surface area contributed by atoms with Gasteiger partial charge in [-0.15, -0.1) is 11.3 Å². The van der Waals surface area contributed by atoms with E-state index in [1.807, 2.05) is 30.3 Å². The first-order valence-corrected chi connectivity index (χ1v) is 10.9. The van der Waals surface area contributed by atoms with E-state index < -0.39 is 0 Å². The van der Waals surface area contributed by atoms with Crippen LogP contribution in [0.15, 0.2) is 81.7 Å². The van der Waals surface area contributed by atoms with Gasteiger partial charge in [0.05, 0.1) is 0 Å². The molecule has 2 heterocycles. The smallest absolute Gasteiger partial charge is 0.143 e. The first-order chi connectivity index (χ1) is 13.7. The van der Waals surface area contributed by atoms with Crippen molar-refractivity contribution in [2.45, 2.75) is 0 Å². The molecule has 0 bridgehead atoms. The molecule has 4 aromatic carbocycles. The molecule has 2 aromatic heterocycles. The molecule has 0 atom stereocenters. The minimum Gasteiger partial charge on any atom is -0.455 e. The largest absolute Gasteiger partial charge is 0.455 e. The Hall–Kier alpha value is -2.33. The number of thiophene rings is 1. The molecule has 28 heavy (non-hydrogen) atoms. The lowest BCUT2D eigenvalue weighted by Crippen LogP contribution is -1.80. The van der Waals surface area contributed by atoms with Crippen LogP contribution in [0.1, 0.15) is 0 Å². The third kappa shape index (κ3) is 2.37. The van der Waals surface area contributed by atoms with Gasteiger partial charge in [0.1, 0.15) is 11.2 Å². The summed E-state index contributed by atoms with van der Waals surface area (Å²) < 4.78 is 9.72. The van der Waals surface area contributed by atoms with E-state index in [0.717, 1.165) is 47.9 Å². The van der Waals surface area contributed by atoms with Gasteiger partial charge in [-0.05, 0) is 42.0 Å². The zero-order chi connectivity index (χ0) is 18.8. The first-order valence-electron chi connectivity index (χ1n) is 8.91. The van der Waals surface area contributed by atoms with E-state index in [2.05, 4.69) is 58.4 Å². The summed E-state index contributed by atoms with van der Waals surface area (Å²) in [5, 5.41) is 5.40. The maximum Gasteiger partial charge on any atom is 0.143 e. The number of furan rings is 1. The van der Waals surface area contributed by atoms with Crippen molar-refractivity contribution in [1.29, 1.82) is 0 Å². The second kappa shape index (κ2) is 6.08. The van der Waals surface area contributed by atoms with Crippen molar-refractivity contribution in [2.24, 2.45) is 0 Å². The van der Waals surface area contributed by atoms with Gasteiger partial charge < -0.3 is 4.42 Å². The SMILES string of the molecule is Clc1cccc2sc3cc(-c4cc(Br)cc5c4oc4ccccc45)ccc3c12. The van der Waals surface area contributed by atoms with E-state index in [1.54, 1.807) is 11.3 Å². The molecule has 0 radical (unpaired) electrons. The summed E-state index contributed by atoms with van der Waals surface area (Å²) in [5.74, 6) is 0. The highest BCUT2D eigenvalue weighted by molar-refractivity contribution is 9.10. The van der Waals surface area contributed by atoms with Crippen molar-refractivity contribution in [1.82, 2.24) is 0 Å². The van der Waals surface area contributed by atoms with Gasteiger partial charge in [0.25, 0.3) is 0 Å². The molecule has 0 aliphatic rings. The van der Waals surface area contributed by atoms with E-state index in [4.69, 9.17) is 16.0 Å². The molecule has 6 rings (SSSR count). The summed E-state index contributed by atoms with van der Waals surface area (Å²) in [5.41, 5.74) is 4.06. The highest BCUT2D eigenvalue weighted by atomic mass is 79.9. The Kier molecular flexibility index (Phi) is 3.61. The lowest BCUT2D eigenvalue weighted by atomic mass is 10.0. The van der Waals surface area contributed by atoms with Crippen LogP contribution in [0.4, 0.5) is 0 Å². The Bertz CT molecular complexity index is 1540. The maximum absolute atomic E-state index is 6.46. The minimum absolute atomic E-state index is 0.804. The molecular formula is C24H12BrClOS. The summed E-state index contributed by atoms with van der Waals surface area (Å²) in [7, 11) is 0. The molecule has 0 fully saturated rings. The summed E-state index contributed by atoms with van der Waals surface area (Å²) in [6.45, 7) is 0.